The molecule has 1 fully saturated rings. The van der Waals surface area contributed by atoms with Crippen LogP contribution in [0.25, 0.3) is 22.6 Å². The van der Waals surface area contributed by atoms with Crippen LogP contribution in [0.15, 0.2) is 64.7 Å². The Kier molecular flexibility index (Phi) is 6.75. The lowest BCUT2D eigenvalue weighted by molar-refractivity contribution is -0.123. The van der Waals surface area contributed by atoms with Gasteiger partial charge in [0.2, 0.25) is 5.91 Å². The number of pyridine rings is 1. The largest absolute Gasteiger partial charge is 0.354 e. The summed E-state index contributed by atoms with van der Waals surface area (Å²) in [4.78, 5) is 38.5. The van der Waals surface area contributed by atoms with E-state index in [2.05, 4.69) is 15.5 Å². The van der Waals surface area contributed by atoms with E-state index in [0.717, 1.165) is 33.1 Å². The number of para-hydroxylation sites is 1. The zero-order valence-electron chi connectivity index (χ0n) is 19.1. The van der Waals surface area contributed by atoms with E-state index >= 15 is 0 Å². The van der Waals surface area contributed by atoms with Crippen LogP contribution in [0.5, 0.6) is 0 Å². The molecule has 0 saturated carbocycles. The van der Waals surface area contributed by atoms with Crippen molar-refractivity contribution in [1.82, 2.24) is 24.8 Å². The molecular formula is C25H20FN5O3S2. The third-order valence-electron chi connectivity index (χ3n) is 5.63. The Bertz CT molecular complexity index is 1550. The van der Waals surface area contributed by atoms with Crippen LogP contribution in [-0.4, -0.2) is 55.4 Å². The second-order valence-corrected chi connectivity index (χ2v) is 9.95. The SMILES string of the molecule is Cc1cc2nnc(SCC(=O)NCCN3C(=O)S/C(=C\c4ccccc4F)C3=O)n2c2ccccc12. The summed E-state index contributed by atoms with van der Waals surface area (Å²) in [6.07, 6.45) is 1.36. The number of aromatic nitrogens is 3. The van der Waals surface area contributed by atoms with Crippen molar-refractivity contribution in [2.75, 3.05) is 18.8 Å². The molecule has 3 amide bonds. The lowest BCUT2D eigenvalue weighted by Crippen LogP contribution is -2.37. The number of rotatable bonds is 7. The van der Waals surface area contributed by atoms with E-state index in [9.17, 15) is 18.8 Å². The minimum Gasteiger partial charge on any atom is -0.354 e. The first kappa shape index (κ1) is 24.0. The van der Waals surface area contributed by atoms with Gasteiger partial charge in [-0.1, -0.05) is 48.2 Å². The number of nitrogens with zero attached hydrogens (tertiary/aromatic N) is 4. The van der Waals surface area contributed by atoms with Crippen LogP contribution in [0.2, 0.25) is 0 Å². The number of amides is 3. The topological polar surface area (TPSA) is 96.7 Å². The minimum atomic E-state index is -0.506. The van der Waals surface area contributed by atoms with Crippen molar-refractivity contribution >= 4 is 63.2 Å². The Labute approximate surface area is 213 Å². The fraction of sp³-hybridized carbons (Fsp3) is 0.160. The number of halogens is 1. The highest BCUT2D eigenvalue weighted by atomic mass is 32.2. The number of carbonyl (C=O) groups excluding carboxylic acids is 3. The minimum absolute atomic E-state index is 0.0213. The smallest absolute Gasteiger partial charge is 0.293 e. The van der Waals surface area contributed by atoms with E-state index in [1.54, 1.807) is 12.1 Å². The summed E-state index contributed by atoms with van der Waals surface area (Å²) in [5.41, 5.74) is 2.99. The summed E-state index contributed by atoms with van der Waals surface area (Å²) < 4.78 is 15.8. The van der Waals surface area contributed by atoms with E-state index in [1.807, 2.05) is 41.7 Å². The molecule has 1 N–H and O–H groups in total. The molecule has 4 aromatic rings. The maximum absolute atomic E-state index is 13.9. The van der Waals surface area contributed by atoms with E-state index in [0.29, 0.717) is 10.8 Å². The number of hydrogen-bond donors (Lipinski definition) is 1. The quantitative estimate of drug-likeness (QED) is 0.287. The first-order chi connectivity index (χ1) is 17.4. The molecule has 1 aliphatic rings. The first-order valence-electron chi connectivity index (χ1n) is 11.1. The van der Waals surface area contributed by atoms with Gasteiger partial charge in [-0.25, -0.2) is 4.39 Å². The van der Waals surface area contributed by atoms with Crippen molar-refractivity contribution in [2.45, 2.75) is 12.1 Å². The molecule has 0 bridgehead atoms. The molecule has 36 heavy (non-hydrogen) atoms. The Morgan fingerprint density at radius 3 is 2.75 bits per heavy atom. The molecule has 8 nitrogen and oxygen atoms in total. The van der Waals surface area contributed by atoms with Crippen molar-refractivity contribution in [2.24, 2.45) is 0 Å². The summed E-state index contributed by atoms with van der Waals surface area (Å²) in [5.74, 6) is -1.15. The van der Waals surface area contributed by atoms with Crippen LogP contribution in [0, 0.1) is 12.7 Å². The lowest BCUT2D eigenvalue weighted by Gasteiger charge is -2.13. The molecular weight excluding hydrogens is 501 g/mol. The van der Waals surface area contributed by atoms with E-state index in [-0.39, 0.29) is 35.2 Å². The van der Waals surface area contributed by atoms with Gasteiger partial charge in [-0.3, -0.25) is 23.7 Å². The van der Waals surface area contributed by atoms with Gasteiger partial charge in [-0.05, 0) is 48.5 Å². The second kappa shape index (κ2) is 10.1. The summed E-state index contributed by atoms with van der Waals surface area (Å²) in [5, 5.41) is 12.4. The molecule has 3 heterocycles. The van der Waals surface area contributed by atoms with Gasteiger partial charge in [0.15, 0.2) is 10.8 Å². The van der Waals surface area contributed by atoms with Crippen molar-refractivity contribution in [3.05, 3.63) is 76.4 Å². The fourth-order valence-corrected chi connectivity index (χ4v) is 5.52. The van der Waals surface area contributed by atoms with E-state index in [4.69, 9.17) is 0 Å². The van der Waals surface area contributed by atoms with Crippen molar-refractivity contribution in [1.29, 1.82) is 0 Å². The number of carbonyl (C=O) groups is 3. The number of fused-ring (bicyclic) bond motifs is 3. The molecule has 0 aliphatic carbocycles. The predicted octanol–water partition coefficient (Wildman–Crippen LogP) is 4.27. The highest BCUT2D eigenvalue weighted by Gasteiger charge is 2.34. The molecule has 0 atom stereocenters. The molecule has 0 spiro atoms. The normalized spacial score (nSPS) is 14.9. The molecule has 11 heteroatoms. The van der Waals surface area contributed by atoms with Crippen molar-refractivity contribution < 1.29 is 18.8 Å². The molecule has 0 unspecified atom stereocenters. The zero-order chi connectivity index (χ0) is 25.2. The summed E-state index contributed by atoms with van der Waals surface area (Å²) >= 11 is 2.01. The van der Waals surface area contributed by atoms with Crippen molar-refractivity contribution in [3.8, 4) is 0 Å². The fourth-order valence-electron chi connectivity index (χ4n) is 3.88. The van der Waals surface area contributed by atoms with Gasteiger partial charge in [0.25, 0.3) is 11.1 Å². The Hall–Kier alpha value is -3.70. The monoisotopic (exact) mass is 521 g/mol. The average molecular weight is 522 g/mol. The van der Waals surface area contributed by atoms with Gasteiger partial charge in [0.05, 0.1) is 16.2 Å². The van der Waals surface area contributed by atoms with Crippen LogP contribution < -0.4 is 5.32 Å². The van der Waals surface area contributed by atoms with Crippen molar-refractivity contribution in [3.63, 3.8) is 0 Å². The molecule has 1 aliphatic heterocycles. The highest BCUT2D eigenvalue weighted by molar-refractivity contribution is 8.18. The number of hydrogen-bond acceptors (Lipinski definition) is 7. The van der Waals surface area contributed by atoms with E-state index < -0.39 is 17.0 Å². The molecule has 2 aromatic carbocycles. The van der Waals surface area contributed by atoms with Gasteiger partial charge < -0.3 is 5.32 Å². The molecule has 5 rings (SSSR count). The number of benzene rings is 2. The van der Waals surface area contributed by atoms with E-state index in [1.165, 1.54) is 30.0 Å². The van der Waals surface area contributed by atoms with Gasteiger partial charge >= 0.3 is 0 Å². The second-order valence-electron chi connectivity index (χ2n) is 8.01. The molecule has 182 valence electrons. The van der Waals surface area contributed by atoms with Gasteiger partial charge in [-0.15, -0.1) is 10.2 Å². The number of nitrogens with one attached hydrogen (secondary N) is 1. The van der Waals surface area contributed by atoms with Crippen LogP contribution in [0.3, 0.4) is 0 Å². The Morgan fingerprint density at radius 1 is 1.14 bits per heavy atom. The number of imide groups is 1. The average Bonchev–Trinajstić information content (AvgIpc) is 3.40. The van der Waals surface area contributed by atoms with Gasteiger partial charge in [-0.2, -0.15) is 0 Å². The first-order valence-corrected chi connectivity index (χ1v) is 12.9. The van der Waals surface area contributed by atoms with Crippen LogP contribution in [-0.2, 0) is 9.59 Å². The summed E-state index contributed by atoms with van der Waals surface area (Å²) in [7, 11) is 0. The molecule has 2 aromatic heterocycles. The predicted molar refractivity (Wildman–Crippen MR) is 138 cm³/mol. The maximum atomic E-state index is 13.9. The number of thioether (sulfide) groups is 2. The molecule has 0 radical (unpaired) electrons. The Balaban J connectivity index is 1.18. The zero-order valence-corrected chi connectivity index (χ0v) is 20.7. The lowest BCUT2D eigenvalue weighted by atomic mass is 10.1. The Morgan fingerprint density at radius 2 is 1.92 bits per heavy atom. The van der Waals surface area contributed by atoms with Gasteiger partial charge in [0, 0.05) is 24.0 Å². The van der Waals surface area contributed by atoms with Gasteiger partial charge in [0.1, 0.15) is 5.82 Å². The summed E-state index contributed by atoms with van der Waals surface area (Å²) in [6, 6.07) is 15.9. The molecule has 1 saturated heterocycles. The number of aryl methyl sites for hydroxylation is 1. The summed E-state index contributed by atoms with van der Waals surface area (Å²) in [6.45, 7) is 2.14. The van der Waals surface area contributed by atoms with Crippen LogP contribution in [0.4, 0.5) is 9.18 Å². The third-order valence-corrected chi connectivity index (χ3v) is 7.47. The maximum Gasteiger partial charge on any atom is 0.293 e. The highest BCUT2D eigenvalue weighted by Crippen LogP contribution is 2.32. The van der Waals surface area contributed by atoms with Crippen LogP contribution >= 0.6 is 23.5 Å². The standard InChI is InChI=1S/C25H20FN5O3S2/c1-15-12-21-28-29-24(31(21)19-9-5-3-7-17(15)19)35-14-22(32)27-10-11-30-23(33)20(36-25(30)34)13-16-6-2-4-8-18(16)26/h2-9,12-13H,10-11,14H2,1H3,(H,27,32)/b20-13-. The third kappa shape index (κ3) is 4.71. The van der Waals surface area contributed by atoms with Crippen LogP contribution in [0.1, 0.15) is 11.1 Å².